The minimum atomic E-state index is -2.28. The van der Waals surface area contributed by atoms with Crippen molar-refractivity contribution in [1.29, 1.82) is 0 Å². The number of carbonyl (C=O) groups is 2. The molecule has 1 N–H and O–H groups in total. The first-order valence-electron chi connectivity index (χ1n) is 7.46. The number of methoxy groups -OCH3 is 2. The summed E-state index contributed by atoms with van der Waals surface area (Å²) in [4.78, 5) is 41.4. The molecule has 0 spiro atoms. The Hall–Kier alpha value is -2.02. The van der Waals surface area contributed by atoms with Gasteiger partial charge in [-0.2, -0.15) is 0 Å². The number of aliphatic hydroxyl groups is 1. The van der Waals surface area contributed by atoms with Crippen LogP contribution in [-0.2, 0) is 23.8 Å². The molecule has 0 aromatic heterocycles. The lowest BCUT2D eigenvalue weighted by atomic mass is 9.98. The molecule has 3 amide bonds. The van der Waals surface area contributed by atoms with E-state index >= 15 is 0 Å². The zero-order chi connectivity index (χ0) is 18.9. The summed E-state index contributed by atoms with van der Waals surface area (Å²) in [5.41, 5.74) is -2.28. The molecule has 2 saturated heterocycles. The van der Waals surface area contributed by atoms with Crippen molar-refractivity contribution in [3.8, 4) is 0 Å². The van der Waals surface area contributed by atoms with Crippen LogP contribution in [0.4, 0.5) is 4.79 Å². The maximum Gasteiger partial charge on any atom is 0.330 e. The van der Waals surface area contributed by atoms with Gasteiger partial charge in [0.05, 0.1) is 12.7 Å². The fraction of sp³-hybridized carbons (Fsp3) is 0.846. The highest BCUT2D eigenvalue weighted by atomic mass is 17.0. The largest absolute Gasteiger partial charge is 0.382 e. The second kappa shape index (κ2) is 7.07. The van der Waals surface area contributed by atoms with Gasteiger partial charge in [0.15, 0.2) is 6.23 Å². The lowest BCUT2D eigenvalue weighted by Gasteiger charge is -2.46. The third-order valence-electron chi connectivity index (χ3n) is 4.38. The molecule has 2 rings (SSSR count). The van der Waals surface area contributed by atoms with E-state index in [0.717, 1.165) is 18.9 Å². The summed E-state index contributed by atoms with van der Waals surface area (Å²) in [6.07, 6.45) is -3.64. The van der Waals surface area contributed by atoms with Crippen LogP contribution < -0.4 is 0 Å². The molecule has 0 aromatic carbocycles. The predicted molar refractivity (Wildman–Crippen MR) is 78.4 cm³/mol. The van der Waals surface area contributed by atoms with E-state index in [9.17, 15) is 24.8 Å². The highest BCUT2D eigenvalue weighted by Crippen LogP contribution is 2.34. The van der Waals surface area contributed by atoms with Crippen molar-refractivity contribution in [3.63, 3.8) is 0 Å². The number of carbonyl (C=O) groups excluding carboxylic acids is 2. The minimum Gasteiger partial charge on any atom is -0.382 e. The predicted octanol–water partition coefficient (Wildman–Crippen LogP) is -1.06. The summed E-state index contributed by atoms with van der Waals surface area (Å²) in [5.74, 6) is -1.03. The van der Waals surface area contributed by atoms with Crippen molar-refractivity contribution in [1.82, 2.24) is 9.80 Å². The van der Waals surface area contributed by atoms with Crippen LogP contribution in [0.1, 0.15) is 13.3 Å². The van der Waals surface area contributed by atoms with Gasteiger partial charge in [0.2, 0.25) is 5.60 Å². The fourth-order valence-electron chi connectivity index (χ4n) is 3.03. The van der Waals surface area contributed by atoms with Gasteiger partial charge in [-0.15, -0.1) is 10.1 Å². The molecule has 0 aromatic rings. The van der Waals surface area contributed by atoms with E-state index in [2.05, 4.69) is 4.84 Å². The van der Waals surface area contributed by atoms with Crippen molar-refractivity contribution in [3.05, 3.63) is 10.1 Å². The van der Waals surface area contributed by atoms with Crippen molar-refractivity contribution < 1.29 is 38.8 Å². The standard InChI is InChI=1S/C13H21N3O9/c1-13(25-16(20)21)10(17)14(2)12(19)15(11(13)18)9-5-7(23-4)8(24-9)6-22-3/h7-9,11,18H,5-6H2,1-4H3/t7-,8+,9+,11?,13?/m0/s1. The molecular weight excluding hydrogens is 342 g/mol. The van der Waals surface area contributed by atoms with Gasteiger partial charge in [-0.05, 0) is 6.92 Å². The number of hydrogen-bond donors (Lipinski definition) is 1. The summed E-state index contributed by atoms with van der Waals surface area (Å²) in [7, 11) is 4.07. The second-order valence-corrected chi connectivity index (χ2v) is 5.94. The Labute approximate surface area is 143 Å². The van der Waals surface area contributed by atoms with Gasteiger partial charge in [0, 0.05) is 27.7 Å². The van der Waals surface area contributed by atoms with E-state index in [1.807, 2.05) is 0 Å². The van der Waals surface area contributed by atoms with Gasteiger partial charge in [-0.25, -0.2) is 4.79 Å². The molecule has 0 saturated carbocycles. The van der Waals surface area contributed by atoms with Crippen molar-refractivity contribution in [2.75, 3.05) is 27.9 Å². The molecule has 2 fully saturated rings. The molecule has 12 nitrogen and oxygen atoms in total. The maximum atomic E-state index is 12.5. The molecule has 0 aliphatic carbocycles. The maximum absolute atomic E-state index is 12.5. The van der Waals surface area contributed by atoms with Crippen LogP contribution in [0.15, 0.2) is 0 Å². The summed E-state index contributed by atoms with van der Waals surface area (Å²) in [6.45, 7) is 1.22. The summed E-state index contributed by atoms with van der Waals surface area (Å²) < 4.78 is 16.0. The first-order valence-corrected chi connectivity index (χ1v) is 7.46. The Balaban J connectivity index is 2.31. The third kappa shape index (κ3) is 3.25. The third-order valence-corrected chi connectivity index (χ3v) is 4.38. The van der Waals surface area contributed by atoms with Crippen LogP contribution in [0.25, 0.3) is 0 Å². The van der Waals surface area contributed by atoms with Crippen LogP contribution in [0, 0.1) is 10.1 Å². The lowest BCUT2D eigenvalue weighted by Crippen LogP contribution is -2.72. The van der Waals surface area contributed by atoms with Crippen molar-refractivity contribution in [2.24, 2.45) is 0 Å². The Morgan fingerprint density at radius 3 is 2.60 bits per heavy atom. The highest BCUT2D eigenvalue weighted by Gasteiger charge is 2.59. The number of rotatable bonds is 6. The monoisotopic (exact) mass is 363 g/mol. The minimum absolute atomic E-state index is 0.184. The molecular formula is C13H21N3O9. The molecule has 12 heteroatoms. The number of likely N-dealkylation sites (N-methyl/N-ethyl adjacent to an activating group) is 1. The Morgan fingerprint density at radius 2 is 2.08 bits per heavy atom. The Bertz CT molecular complexity index is 559. The van der Waals surface area contributed by atoms with Gasteiger partial charge in [-0.1, -0.05) is 0 Å². The molecule has 0 radical (unpaired) electrons. The molecule has 2 heterocycles. The van der Waals surface area contributed by atoms with E-state index in [-0.39, 0.29) is 13.0 Å². The van der Waals surface area contributed by atoms with E-state index in [1.54, 1.807) is 0 Å². The van der Waals surface area contributed by atoms with E-state index in [1.165, 1.54) is 14.2 Å². The zero-order valence-electron chi connectivity index (χ0n) is 14.3. The van der Waals surface area contributed by atoms with Gasteiger partial charge < -0.3 is 19.3 Å². The van der Waals surface area contributed by atoms with Crippen LogP contribution in [-0.4, -0.2) is 90.1 Å². The second-order valence-electron chi connectivity index (χ2n) is 5.94. The molecule has 25 heavy (non-hydrogen) atoms. The lowest BCUT2D eigenvalue weighted by molar-refractivity contribution is -0.779. The first-order chi connectivity index (χ1) is 11.7. The van der Waals surface area contributed by atoms with Gasteiger partial charge in [-0.3, -0.25) is 19.4 Å². The molecule has 142 valence electrons. The SMILES string of the molecule is COC[C@H]1O[C@@H](N2C(=O)N(C)C(=O)C(C)(O[N+](=O)[O-])C2O)C[C@@H]1OC. The Kier molecular flexibility index (Phi) is 5.46. The van der Waals surface area contributed by atoms with E-state index < -0.39 is 47.3 Å². The topological polar surface area (TPSA) is 141 Å². The first kappa shape index (κ1) is 19.3. The van der Waals surface area contributed by atoms with Crippen LogP contribution >= 0.6 is 0 Å². The molecule has 2 aliphatic rings. The highest BCUT2D eigenvalue weighted by molar-refractivity contribution is 6.01. The number of nitrogens with zero attached hydrogens (tertiary/aromatic N) is 3. The summed E-state index contributed by atoms with van der Waals surface area (Å²) in [6, 6.07) is -0.861. The fourth-order valence-corrected chi connectivity index (χ4v) is 3.03. The number of imide groups is 1. The number of hydrogen-bond acceptors (Lipinski definition) is 9. The van der Waals surface area contributed by atoms with E-state index in [4.69, 9.17) is 14.2 Å². The number of amides is 3. The van der Waals surface area contributed by atoms with Crippen LogP contribution in [0.3, 0.4) is 0 Å². The smallest absolute Gasteiger partial charge is 0.330 e. The van der Waals surface area contributed by atoms with Crippen LogP contribution in [0.2, 0.25) is 0 Å². The number of aliphatic hydroxyl groups excluding tert-OH is 1. The summed E-state index contributed by atoms with van der Waals surface area (Å²) >= 11 is 0. The van der Waals surface area contributed by atoms with Gasteiger partial charge in [0.25, 0.3) is 11.0 Å². The quantitative estimate of drug-likeness (QED) is 0.462. The number of ether oxygens (including phenoxy) is 3. The molecule has 2 aliphatic heterocycles. The molecule has 5 atom stereocenters. The van der Waals surface area contributed by atoms with Crippen LogP contribution in [0.5, 0.6) is 0 Å². The normalized spacial score (nSPS) is 36.0. The van der Waals surface area contributed by atoms with Gasteiger partial charge in [0.1, 0.15) is 12.3 Å². The molecule has 2 unspecified atom stereocenters. The average Bonchev–Trinajstić information content (AvgIpc) is 2.94. The summed E-state index contributed by atoms with van der Waals surface area (Å²) in [5, 5.41) is 20.1. The number of urea groups is 1. The van der Waals surface area contributed by atoms with Crippen molar-refractivity contribution in [2.45, 2.75) is 43.6 Å². The van der Waals surface area contributed by atoms with E-state index in [0.29, 0.717) is 4.90 Å². The average molecular weight is 363 g/mol. The van der Waals surface area contributed by atoms with Gasteiger partial charge >= 0.3 is 6.03 Å². The van der Waals surface area contributed by atoms with Crippen molar-refractivity contribution >= 4 is 11.9 Å². The molecule has 0 bridgehead atoms. The Morgan fingerprint density at radius 1 is 1.44 bits per heavy atom. The zero-order valence-corrected chi connectivity index (χ0v) is 14.3.